The molecule has 0 aliphatic carbocycles. The van der Waals surface area contributed by atoms with Crippen LogP contribution in [0.4, 0.5) is 15.8 Å². The Balaban J connectivity index is 1.54. The van der Waals surface area contributed by atoms with Gasteiger partial charge in [0, 0.05) is 17.8 Å². The number of aryl methyl sites for hydroxylation is 1. The maximum atomic E-state index is 13.1. The molecule has 160 valence electrons. The maximum absolute atomic E-state index is 13.1. The van der Waals surface area contributed by atoms with Gasteiger partial charge in [-0.25, -0.2) is 4.39 Å². The largest absolute Gasteiger partial charge is 0.322 e. The van der Waals surface area contributed by atoms with Crippen LogP contribution in [0.25, 0.3) is 22.8 Å². The van der Waals surface area contributed by atoms with E-state index in [1.807, 2.05) is 6.92 Å². The van der Waals surface area contributed by atoms with Gasteiger partial charge in [0.2, 0.25) is 5.91 Å². The molecule has 1 heterocycles. The van der Waals surface area contributed by atoms with Crippen LogP contribution in [-0.4, -0.2) is 25.8 Å². The first kappa shape index (κ1) is 21.1. The molecular weight excluding hydrogens is 437 g/mol. The highest BCUT2D eigenvalue weighted by Crippen LogP contribution is 2.26. The van der Waals surface area contributed by atoms with Crippen molar-refractivity contribution in [3.8, 4) is 5.69 Å². The molecule has 8 nitrogen and oxygen atoms in total. The van der Waals surface area contributed by atoms with Crippen molar-refractivity contribution in [3.05, 3.63) is 92.8 Å². The quantitative estimate of drug-likeness (QED) is 0.259. The van der Waals surface area contributed by atoms with E-state index in [2.05, 4.69) is 15.5 Å². The van der Waals surface area contributed by atoms with Crippen LogP contribution in [0.5, 0.6) is 0 Å². The molecule has 32 heavy (non-hydrogen) atoms. The summed E-state index contributed by atoms with van der Waals surface area (Å²) in [5.41, 5.74) is 3.31. The fourth-order valence-electron chi connectivity index (χ4n) is 3.01. The monoisotopic (exact) mass is 451 g/mol. The van der Waals surface area contributed by atoms with Gasteiger partial charge in [0.05, 0.1) is 10.6 Å². The van der Waals surface area contributed by atoms with Crippen LogP contribution in [0.15, 0.2) is 60.7 Å². The number of carbonyl (C=O) groups is 1. The highest BCUT2D eigenvalue weighted by Gasteiger charge is 2.12. The number of hydrogen-bond donors (Lipinski definition) is 1. The van der Waals surface area contributed by atoms with Gasteiger partial charge in [-0.2, -0.15) is 4.80 Å². The Bertz CT molecular complexity index is 1380. The number of carbonyl (C=O) groups excluding carboxylic acids is 1. The lowest BCUT2D eigenvalue weighted by atomic mass is 10.1. The standard InChI is InChI=1S/C22H15ClFN5O3/c1-13-10-19-20(27-28(26-19)16-6-4-15(24)5-7-16)12-18(13)25-22(30)9-3-14-2-8-17(23)21(11-14)29(31)32/h2-12H,1H3,(H,25,30)/b9-3+. The average molecular weight is 452 g/mol. The van der Waals surface area contributed by atoms with Crippen LogP contribution in [0.3, 0.4) is 0 Å². The van der Waals surface area contributed by atoms with Gasteiger partial charge >= 0.3 is 0 Å². The van der Waals surface area contributed by atoms with Gasteiger partial charge in [-0.1, -0.05) is 17.7 Å². The van der Waals surface area contributed by atoms with E-state index in [1.54, 1.807) is 30.3 Å². The van der Waals surface area contributed by atoms with Gasteiger partial charge in [0.1, 0.15) is 21.9 Å². The number of nitro groups is 1. The molecule has 0 unspecified atom stereocenters. The molecule has 1 aromatic heterocycles. The normalized spacial score (nSPS) is 11.2. The number of anilines is 1. The molecule has 1 amide bonds. The van der Waals surface area contributed by atoms with Crippen molar-refractivity contribution in [1.29, 1.82) is 0 Å². The lowest BCUT2D eigenvalue weighted by Crippen LogP contribution is -2.09. The molecule has 1 N–H and O–H groups in total. The zero-order chi connectivity index (χ0) is 22.8. The third kappa shape index (κ3) is 4.47. The summed E-state index contributed by atoms with van der Waals surface area (Å²) < 4.78 is 13.1. The zero-order valence-corrected chi connectivity index (χ0v) is 17.4. The van der Waals surface area contributed by atoms with Gasteiger partial charge < -0.3 is 5.32 Å². The van der Waals surface area contributed by atoms with E-state index in [0.29, 0.717) is 28.0 Å². The van der Waals surface area contributed by atoms with Crippen LogP contribution in [-0.2, 0) is 4.79 Å². The Morgan fingerprint density at radius 3 is 2.50 bits per heavy atom. The second kappa shape index (κ2) is 8.56. The van der Waals surface area contributed by atoms with Crippen LogP contribution in [0.2, 0.25) is 5.02 Å². The minimum Gasteiger partial charge on any atom is -0.322 e. The number of hydrogen-bond acceptors (Lipinski definition) is 5. The predicted octanol–water partition coefficient (Wildman–Crippen LogP) is 5.08. The van der Waals surface area contributed by atoms with Crippen molar-refractivity contribution in [2.75, 3.05) is 5.32 Å². The number of rotatable bonds is 5. The molecular formula is C22H15ClFN5O3. The minimum atomic E-state index is -0.586. The molecule has 0 bridgehead atoms. The van der Waals surface area contributed by atoms with Gasteiger partial charge in [0.25, 0.3) is 5.69 Å². The smallest absolute Gasteiger partial charge is 0.288 e. The van der Waals surface area contributed by atoms with E-state index in [0.717, 1.165) is 5.56 Å². The molecule has 4 aromatic rings. The van der Waals surface area contributed by atoms with Crippen LogP contribution in [0, 0.1) is 22.9 Å². The number of nitrogens with one attached hydrogen (secondary N) is 1. The van der Waals surface area contributed by atoms with Crippen molar-refractivity contribution < 1.29 is 14.1 Å². The highest BCUT2D eigenvalue weighted by molar-refractivity contribution is 6.32. The summed E-state index contributed by atoms with van der Waals surface area (Å²) in [7, 11) is 0. The summed E-state index contributed by atoms with van der Waals surface area (Å²) in [5.74, 6) is -0.774. The molecule has 0 saturated carbocycles. The molecule has 4 rings (SSSR count). The number of nitro benzene ring substituents is 1. The molecule has 0 aliphatic heterocycles. The summed E-state index contributed by atoms with van der Waals surface area (Å²) >= 11 is 5.80. The number of nitrogens with zero attached hydrogens (tertiary/aromatic N) is 4. The lowest BCUT2D eigenvalue weighted by molar-refractivity contribution is -0.384. The van der Waals surface area contributed by atoms with Crippen molar-refractivity contribution in [2.24, 2.45) is 0 Å². The Morgan fingerprint density at radius 1 is 1.12 bits per heavy atom. The Hall–Kier alpha value is -4.11. The first-order valence-electron chi connectivity index (χ1n) is 9.37. The van der Waals surface area contributed by atoms with Gasteiger partial charge in [-0.3, -0.25) is 14.9 Å². The third-order valence-electron chi connectivity index (χ3n) is 4.64. The van der Waals surface area contributed by atoms with Gasteiger partial charge in [-0.05, 0) is 66.6 Å². The van der Waals surface area contributed by atoms with Crippen LogP contribution in [0.1, 0.15) is 11.1 Å². The minimum absolute atomic E-state index is 0.0224. The summed E-state index contributed by atoms with van der Waals surface area (Å²) in [6.45, 7) is 1.82. The summed E-state index contributed by atoms with van der Waals surface area (Å²) in [6, 6.07) is 13.5. The summed E-state index contributed by atoms with van der Waals surface area (Å²) in [4.78, 5) is 24.2. The van der Waals surface area contributed by atoms with Crippen molar-refractivity contribution >= 4 is 46.0 Å². The first-order valence-corrected chi connectivity index (χ1v) is 9.74. The van der Waals surface area contributed by atoms with E-state index < -0.39 is 10.8 Å². The van der Waals surface area contributed by atoms with E-state index in [1.165, 1.54) is 41.2 Å². The SMILES string of the molecule is Cc1cc2nn(-c3ccc(F)cc3)nc2cc1NC(=O)/C=C/c1ccc(Cl)c([N+](=O)[O-])c1. The number of halogens is 2. The molecule has 0 radical (unpaired) electrons. The number of benzene rings is 3. The number of amides is 1. The zero-order valence-electron chi connectivity index (χ0n) is 16.6. The maximum Gasteiger partial charge on any atom is 0.288 e. The van der Waals surface area contributed by atoms with Crippen LogP contribution >= 0.6 is 11.6 Å². The molecule has 0 fully saturated rings. The Kier molecular flexibility index (Phi) is 5.65. The number of aromatic nitrogens is 3. The molecule has 0 atom stereocenters. The second-order valence-electron chi connectivity index (χ2n) is 6.91. The third-order valence-corrected chi connectivity index (χ3v) is 4.96. The van der Waals surface area contributed by atoms with Crippen molar-refractivity contribution in [1.82, 2.24) is 15.0 Å². The summed E-state index contributed by atoms with van der Waals surface area (Å²) in [6.07, 6.45) is 2.73. The van der Waals surface area contributed by atoms with Gasteiger partial charge in [-0.15, -0.1) is 10.2 Å². The highest BCUT2D eigenvalue weighted by atomic mass is 35.5. The Morgan fingerprint density at radius 2 is 1.81 bits per heavy atom. The summed E-state index contributed by atoms with van der Waals surface area (Å²) in [5, 5.41) is 22.6. The second-order valence-corrected chi connectivity index (χ2v) is 7.32. The molecule has 10 heteroatoms. The number of fused-ring (bicyclic) bond motifs is 1. The predicted molar refractivity (Wildman–Crippen MR) is 119 cm³/mol. The van der Waals surface area contributed by atoms with Crippen molar-refractivity contribution in [2.45, 2.75) is 6.92 Å². The van der Waals surface area contributed by atoms with E-state index in [9.17, 15) is 19.3 Å². The molecule has 0 saturated heterocycles. The van der Waals surface area contributed by atoms with E-state index in [-0.39, 0.29) is 16.5 Å². The van der Waals surface area contributed by atoms with Crippen molar-refractivity contribution in [3.63, 3.8) is 0 Å². The van der Waals surface area contributed by atoms with Gasteiger partial charge in [0.15, 0.2) is 0 Å². The fraction of sp³-hybridized carbons (Fsp3) is 0.0455. The molecule has 0 spiro atoms. The van der Waals surface area contributed by atoms with Crippen LogP contribution < -0.4 is 5.32 Å². The van der Waals surface area contributed by atoms with E-state index in [4.69, 9.17) is 11.6 Å². The first-order chi connectivity index (χ1) is 15.3. The fourth-order valence-corrected chi connectivity index (χ4v) is 3.20. The lowest BCUT2D eigenvalue weighted by Gasteiger charge is -2.05. The van der Waals surface area contributed by atoms with E-state index >= 15 is 0 Å². The topological polar surface area (TPSA) is 103 Å². The average Bonchev–Trinajstić information content (AvgIpc) is 3.16. The molecule has 3 aromatic carbocycles. The molecule has 0 aliphatic rings. The Labute approximate surface area is 186 Å².